The lowest BCUT2D eigenvalue weighted by molar-refractivity contribution is -0.140. The minimum Gasteiger partial charge on any atom is -0.341 e. The summed E-state index contributed by atoms with van der Waals surface area (Å²) in [7, 11) is 1.77. The molecule has 27 heavy (non-hydrogen) atoms. The number of benzene rings is 1. The van der Waals surface area contributed by atoms with E-state index in [1.807, 2.05) is 6.92 Å². The molecular formula is C20H26ClN3O3. The molecule has 1 saturated heterocycles. The van der Waals surface area contributed by atoms with E-state index in [1.165, 1.54) is 6.42 Å². The van der Waals surface area contributed by atoms with Crippen molar-refractivity contribution in [1.29, 1.82) is 0 Å². The standard InChI is InChI=1S/C20H26ClN3O3/c1-3-20(14-9-11-15(21)12-10-14)18(26)24(19(27)22-20)13-17(25)23(2)16-7-5-4-6-8-16/h9-12,16H,3-8,13H2,1-2H3,(H,22,27). The first-order chi connectivity index (χ1) is 12.9. The van der Waals surface area contributed by atoms with E-state index in [0.717, 1.165) is 30.6 Å². The van der Waals surface area contributed by atoms with Gasteiger partial charge >= 0.3 is 6.03 Å². The Labute approximate surface area is 164 Å². The zero-order valence-electron chi connectivity index (χ0n) is 15.8. The minimum absolute atomic E-state index is 0.194. The second-order valence-electron chi connectivity index (χ2n) is 7.38. The summed E-state index contributed by atoms with van der Waals surface area (Å²) in [5.74, 6) is -0.587. The highest BCUT2D eigenvalue weighted by atomic mass is 35.5. The molecule has 1 aromatic carbocycles. The Morgan fingerprint density at radius 3 is 2.44 bits per heavy atom. The molecule has 7 heteroatoms. The van der Waals surface area contributed by atoms with Gasteiger partial charge in [-0.05, 0) is 37.0 Å². The van der Waals surface area contributed by atoms with Crippen LogP contribution in [0.15, 0.2) is 24.3 Å². The van der Waals surface area contributed by atoms with Gasteiger partial charge in [0.1, 0.15) is 12.1 Å². The monoisotopic (exact) mass is 391 g/mol. The van der Waals surface area contributed by atoms with E-state index < -0.39 is 11.6 Å². The number of carbonyl (C=O) groups is 3. The number of carbonyl (C=O) groups excluding carboxylic acids is 3. The molecule has 2 fully saturated rings. The molecule has 6 nitrogen and oxygen atoms in total. The number of hydrogen-bond acceptors (Lipinski definition) is 3. The van der Waals surface area contributed by atoms with Gasteiger partial charge < -0.3 is 10.2 Å². The second-order valence-corrected chi connectivity index (χ2v) is 7.82. The fourth-order valence-corrected chi connectivity index (χ4v) is 4.19. The van der Waals surface area contributed by atoms with E-state index >= 15 is 0 Å². The van der Waals surface area contributed by atoms with Crippen LogP contribution in [0.1, 0.15) is 51.0 Å². The molecule has 1 atom stereocenters. The number of hydrogen-bond donors (Lipinski definition) is 1. The number of rotatable bonds is 5. The zero-order valence-corrected chi connectivity index (χ0v) is 16.6. The number of urea groups is 1. The highest BCUT2D eigenvalue weighted by Gasteiger charge is 2.51. The lowest BCUT2D eigenvalue weighted by Gasteiger charge is -2.32. The van der Waals surface area contributed by atoms with Gasteiger partial charge in [-0.1, -0.05) is 49.9 Å². The molecule has 1 aromatic rings. The first-order valence-electron chi connectivity index (χ1n) is 9.55. The Hall–Kier alpha value is -2.08. The second kappa shape index (κ2) is 7.89. The van der Waals surface area contributed by atoms with Crippen LogP contribution in [0.4, 0.5) is 4.79 Å². The molecule has 0 bridgehead atoms. The normalized spacial score (nSPS) is 23.4. The van der Waals surface area contributed by atoms with Crippen LogP contribution in [0.5, 0.6) is 0 Å². The van der Waals surface area contributed by atoms with Crippen LogP contribution < -0.4 is 5.32 Å². The lowest BCUT2D eigenvalue weighted by atomic mass is 9.87. The van der Waals surface area contributed by atoms with Crippen LogP contribution in [0.2, 0.25) is 5.02 Å². The molecule has 3 rings (SSSR count). The summed E-state index contributed by atoms with van der Waals surface area (Å²) in [5.41, 5.74) is -0.478. The molecule has 2 aliphatic rings. The van der Waals surface area contributed by atoms with E-state index in [1.54, 1.807) is 36.2 Å². The van der Waals surface area contributed by atoms with Crippen molar-refractivity contribution in [2.45, 2.75) is 57.0 Å². The summed E-state index contributed by atoms with van der Waals surface area (Å²) < 4.78 is 0. The van der Waals surface area contributed by atoms with Crippen molar-refractivity contribution in [2.24, 2.45) is 0 Å². The highest BCUT2D eigenvalue weighted by Crippen LogP contribution is 2.33. The summed E-state index contributed by atoms with van der Waals surface area (Å²) in [6.07, 6.45) is 5.77. The van der Waals surface area contributed by atoms with Gasteiger partial charge in [0.05, 0.1) is 0 Å². The number of nitrogens with one attached hydrogen (secondary N) is 1. The summed E-state index contributed by atoms with van der Waals surface area (Å²) in [5, 5.41) is 3.36. The third-order valence-corrected chi connectivity index (χ3v) is 6.10. The fourth-order valence-electron chi connectivity index (χ4n) is 4.06. The van der Waals surface area contributed by atoms with Gasteiger partial charge in [0.25, 0.3) is 5.91 Å². The topological polar surface area (TPSA) is 69.7 Å². The average Bonchev–Trinajstić information content (AvgIpc) is 2.93. The van der Waals surface area contributed by atoms with Crippen LogP contribution in [0.3, 0.4) is 0 Å². The van der Waals surface area contributed by atoms with Crippen molar-refractivity contribution < 1.29 is 14.4 Å². The van der Waals surface area contributed by atoms with Crippen LogP contribution in [-0.2, 0) is 15.1 Å². The average molecular weight is 392 g/mol. The maximum absolute atomic E-state index is 13.1. The number of imide groups is 1. The first kappa shape index (κ1) is 19.7. The summed E-state index contributed by atoms with van der Waals surface area (Å²) in [6, 6.07) is 6.53. The van der Waals surface area contributed by atoms with Crippen molar-refractivity contribution in [3.8, 4) is 0 Å². The molecule has 1 unspecified atom stereocenters. The van der Waals surface area contributed by atoms with Crippen molar-refractivity contribution >= 4 is 29.4 Å². The van der Waals surface area contributed by atoms with E-state index in [4.69, 9.17) is 11.6 Å². The largest absolute Gasteiger partial charge is 0.341 e. The van der Waals surface area contributed by atoms with Gasteiger partial charge in [-0.2, -0.15) is 0 Å². The molecule has 1 N–H and O–H groups in total. The molecule has 1 saturated carbocycles. The molecule has 1 aliphatic carbocycles. The van der Waals surface area contributed by atoms with Gasteiger partial charge in [0.2, 0.25) is 5.91 Å². The molecule has 4 amide bonds. The quantitative estimate of drug-likeness (QED) is 0.783. The molecule has 1 heterocycles. The van der Waals surface area contributed by atoms with Crippen LogP contribution >= 0.6 is 11.6 Å². The van der Waals surface area contributed by atoms with Crippen molar-refractivity contribution in [1.82, 2.24) is 15.1 Å². The summed E-state index contributed by atoms with van der Waals surface area (Å²) in [6.45, 7) is 1.61. The van der Waals surface area contributed by atoms with Crippen molar-refractivity contribution in [2.75, 3.05) is 13.6 Å². The molecule has 1 aliphatic heterocycles. The molecular weight excluding hydrogens is 366 g/mol. The molecule has 0 aromatic heterocycles. The Balaban J connectivity index is 1.76. The molecule has 146 valence electrons. The van der Waals surface area contributed by atoms with E-state index in [9.17, 15) is 14.4 Å². The third-order valence-electron chi connectivity index (χ3n) is 5.85. The molecule has 0 radical (unpaired) electrons. The number of likely N-dealkylation sites (N-methyl/N-ethyl adjacent to an activating group) is 1. The minimum atomic E-state index is -1.15. The predicted molar refractivity (Wildman–Crippen MR) is 103 cm³/mol. The van der Waals surface area contributed by atoms with Crippen molar-refractivity contribution in [3.63, 3.8) is 0 Å². The number of amides is 4. The van der Waals surface area contributed by atoms with Gasteiger partial charge in [-0.25, -0.2) is 4.79 Å². The SMILES string of the molecule is CCC1(c2ccc(Cl)cc2)NC(=O)N(CC(=O)N(C)C2CCCCC2)C1=O. The predicted octanol–water partition coefficient (Wildman–Crippen LogP) is 3.29. The molecule has 0 spiro atoms. The zero-order chi connectivity index (χ0) is 19.6. The Morgan fingerprint density at radius 1 is 1.22 bits per heavy atom. The van der Waals surface area contributed by atoms with E-state index in [0.29, 0.717) is 17.0 Å². The Bertz CT molecular complexity index is 730. The van der Waals surface area contributed by atoms with Gasteiger partial charge in [-0.15, -0.1) is 0 Å². The van der Waals surface area contributed by atoms with Crippen LogP contribution in [0.25, 0.3) is 0 Å². The van der Waals surface area contributed by atoms with Gasteiger partial charge in [0, 0.05) is 18.1 Å². The summed E-state index contributed by atoms with van der Waals surface area (Å²) >= 11 is 5.95. The number of nitrogens with zero attached hydrogens (tertiary/aromatic N) is 2. The highest BCUT2D eigenvalue weighted by molar-refractivity contribution is 6.30. The maximum atomic E-state index is 13.1. The van der Waals surface area contributed by atoms with Gasteiger partial charge in [0.15, 0.2) is 0 Å². The van der Waals surface area contributed by atoms with E-state index in [-0.39, 0.29) is 24.4 Å². The van der Waals surface area contributed by atoms with Crippen LogP contribution in [-0.4, -0.2) is 47.3 Å². The van der Waals surface area contributed by atoms with Crippen molar-refractivity contribution in [3.05, 3.63) is 34.9 Å². The fraction of sp³-hybridized carbons (Fsp3) is 0.550. The first-order valence-corrected chi connectivity index (χ1v) is 9.92. The third kappa shape index (κ3) is 3.68. The number of halogens is 1. The van der Waals surface area contributed by atoms with Gasteiger partial charge in [-0.3, -0.25) is 14.5 Å². The van der Waals surface area contributed by atoms with Crippen LogP contribution in [0, 0.1) is 0 Å². The Morgan fingerprint density at radius 2 is 1.85 bits per heavy atom. The lowest BCUT2D eigenvalue weighted by Crippen LogP contribution is -2.47. The Kier molecular flexibility index (Phi) is 5.75. The maximum Gasteiger partial charge on any atom is 0.325 e. The summed E-state index contributed by atoms with van der Waals surface area (Å²) in [4.78, 5) is 41.1. The smallest absolute Gasteiger partial charge is 0.325 e. The van der Waals surface area contributed by atoms with E-state index in [2.05, 4.69) is 5.32 Å².